The smallest absolute Gasteiger partial charge is 0.269 e. The molecule has 8 heteroatoms. The molecule has 28 heavy (non-hydrogen) atoms. The number of aromatic nitrogens is 1. The standard InChI is InChI=1S/C20H18FN3O3S/c1-2-7-24-19(26)17(12-14-3-5-15(21)6-4-14)28-20(24)16(13-22)18(25)23-8-10-27-11-9-23/h2-6,12H,1,7-11H2/b17-12+,20-16-. The number of allylic oxidation sites excluding steroid dienone is 1. The molecule has 144 valence electrons. The zero-order valence-corrected chi connectivity index (χ0v) is 15.9. The number of carbonyl (C=O) groups is 1. The van der Waals surface area contributed by atoms with Gasteiger partial charge in [-0.15, -0.1) is 17.9 Å². The van der Waals surface area contributed by atoms with Crippen LogP contribution in [0.25, 0.3) is 11.6 Å². The van der Waals surface area contributed by atoms with Crippen molar-refractivity contribution in [2.45, 2.75) is 6.54 Å². The van der Waals surface area contributed by atoms with Gasteiger partial charge in [0.1, 0.15) is 16.5 Å². The molecule has 0 atom stereocenters. The first kappa shape index (κ1) is 19.7. The summed E-state index contributed by atoms with van der Waals surface area (Å²) in [7, 11) is 0. The quantitative estimate of drug-likeness (QED) is 0.706. The normalized spacial score (nSPS) is 15.9. The molecule has 0 bridgehead atoms. The van der Waals surface area contributed by atoms with Gasteiger partial charge in [0.15, 0.2) is 5.57 Å². The highest BCUT2D eigenvalue weighted by atomic mass is 32.1. The maximum Gasteiger partial charge on any atom is 0.269 e. The van der Waals surface area contributed by atoms with Gasteiger partial charge in [-0.05, 0) is 23.8 Å². The van der Waals surface area contributed by atoms with Crippen LogP contribution in [0.15, 0.2) is 41.7 Å². The monoisotopic (exact) mass is 399 g/mol. The number of rotatable bonds is 4. The SMILES string of the molecule is C=CCn1c(=O)/c(=C\c2ccc(F)cc2)s/c1=C(/C#N)C(=O)N1CCOCC1. The van der Waals surface area contributed by atoms with E-state index < -0.39 is 5.91 Å². The Balaban J connectivity index is 2.18. The lowest BCUT2D eigenvalue weighted by molar-refractivity contribution is -0.128. The summed E-state index contributed by atoms with van der Waals surface area (Å²) in [5.41, 5.74) is 0.242. The summed E-state index contributed by atoms with van der Waals surface area (Å²) in [6, 6.07) is 7.68. The Labute approximate surface area is 164 Å². The Kier molecular flexibility index (Phi) is 6.19. The number of thiazole rings is 1. The summed E-state index contributed by atoms with van der Waals surface area (Å²) in [6.07, 6.45) is 3.15. The van der Waals surface area contributed by atoms with Gasteiger partial charge in [0.25, 0.3) is 11.5 Å². The second-order valence-corrected chi connectivity index (χ2v) is 7.09. The van der Waals surface area contributed by atoms with Crippen LogP contribution in [0.3, 0.4) is 0 Å². The van der Waals surface area contributed by atoms with Crippen molar-refractivity contribution < 1.29 is 13.9 Å². The van der Waals surface area contributed by atoms with Crippen LogP contribution in [0, 0.1) is 17.1 Å². The Morgan fingerprint density at radius 3 is 2.61 bits per heavy atom. The van der Waals surface area contributed by atoms with Crippen LogP contribution < -0.4 is 14.8 Å². The van der Waals surface area contributed by atoms with E-state index in [1.165, 1.54) is 22.8 Å². The van der Waals surface area contributed by atoms with E-state index in [1.807, 2.05) is 6.07 Å². The second-order valence-electron chi connectivity index (χ2n) is 6.06. The molecule has 0 aliphatic carbocycles. The predicted octanol–water partition coefficient (Wildman–Crippen LogP) is 0.597. The molecule has 6 nitrogen and oxygen atoms in total. The molecule has 2 aromatic rings. The number of nitriles is 1. The van der Waals surface area contributed by atoms with E-state index in [1.54, 1.807) is 23.1 Å². The number of amides is 1. The van der Waals surface area contributed by atoms with Crippen LogP contribution in [0.5, 0.6) is 0 Å². The molecular weight excluding hydrogens is 381 g/mol. The van der Waals surface area contributed by atoms with E-state index in [0.717, 1.165) is 11.3 Å². The van der Waals surface area contributed by atoms with Crippen LogP contribution in [0.4, 0.5) is 4.39 Å². The van der Waals surface area contributed by atoms with Crippen LogP contribution in [-0.4, -0.2) is 41.7 Å². The minimum Gasteiger partial charge on any atom is -0.378 e. The van der Waals surface area contributed by atoms with Gasteiger partial charge in [0, 0.05) is 19.6 Å². The number of hydrogen-bond acceptors (Lipinski definition) is 5. The third-order valence-corrected chi connectivity index (χ3v) is 5.36. The molecule has 2 heterocycles. The average molecular weight is 399 g/mol. The molecule has 1 aromatic heterocycles. The fourth-order valence-electron chi connectivity index (χ4n) is 2.82. The number of halogens is 1. The highest BCUT2D eigenvalue weighted by Gasteiger charge is 2.23. The molecule has 0 saturated carbocycles. The lowest BCUT2D eigenvalue weighted by Crippen LogP contribution is -2.42. The molecule has 3 rings (SSSR count). The van der Waals surface area contributed by atoms with E-state index in [9.17, 15) is 19.2 Å². The number of benzene rings is 1. The number of nitrogens with zero attached hydrogens (tertiary/aromatic N) is 3. The van der Waals surface area contributed by atoms with Crippen molar-refractivity contribution in [3.8, 4) is 6.07 Å². The van der Waals surface area contributed by atoms with Crippen molar-refractivity contribution >= 4 is 28.9 Å². The first-order valence-corrected chi connectivity index (χ1v) is 9.46. The zero-order valence-electron chi connectivity index (χ0n) is 15.1. The number of carbonyl (C=O) groups excluding carboxylic acids is 1. The van der Waals surface area contributed by atoms with E-state index in [0.29, 0.717) is 36.4 Å². The molecule has 0 unspecified atom stereocenters. The van der Waals surface area contributed by atoms with Crippen LogP contribution in [0.2, 0.25) is 0 Å². The number of morpholine rings is 1. The number of ether oxygens (including phenoxy) is 1. The molecule has 0 spiro atoms. The fourth-order valence-corrected chi connectivity index (χ4v) is 3.93. The zero-order chi connectivity index (χ0) is 20.1. The summed E-state index contributed by atoms with van der Waals surface area (Å²) >= 11 is 1.07. The van der Waals surface area contributed by atoms with Crippen molar-refractivity contribution in [3.63, 3.8) is 0 Å². The summed E-state index contributed by atoms with van der Waals surface area (Å²) in [4.78, 5) is 27.2. The van der Waals surface area contributed by atoms with E-state index in [-0.39, 0.29) is 28.2 Å². The third kappa shape index (κ3) is 4.11. The Morgan fingerprint density at radius 1 is 1.32 bits per heavy atom. The maximum atomic E-state index is 13.1. The topological polar surface area (TPSA) is 75.3 Å². The lowest BCUT2D eigenvalue weighted by Gasteiger charge is -2.26. The summed E-state index contributed by atoms with van der Waals surface area (Å²) in [5.74, 6) is -0.789. The summed E-state index contributed by atoms with van der Waals surface area (Å²) in [5, 5.41) is 9.64. The fraction of sp³-hybridized carbons (Fsp3) is 0.250. The molecule has 1 fully saturated rings. The van der Waals surface area contributed by atoms with Gasteiger partial charge >= 0.3 is 0 Å². The molecule has 1 aliphatic heterocycles. The predicted molar refractivity (Wildman–Crippen MR) is 104 cm³/mol. The molecule has 1 aliphatic rings. The highest BCUT2D eigenvalue weighted by Crippen LogP contribution is 2.06. The van der Waals surface area contributed by atoms with E-state index >= 15 is 0 Å². The van der Waals surface area contributed by atoms with Crippen LogP contribution in [0.1, 0.15) is 5.56 Å². The average Bonchev–Trinajstić information content (AvgIpc) is 3.01. The van der Waals surface area contributed by atoms with Crippen molar-refractivity contribution in [1.82, 2.24) is 9.47 Å². The van der Waals surface area contributed by atoms with Gasteiger partial charge in [0.2, 0.25) is 0 Å². The third-order valence-electron chi connectivity index (χ3n) is 4.22. The summed E-state index contributed by atoms with van der Waals surface area (Å²) in [6.45, 7) is 5.45. The van der Waals surface area contributed by atoms with Gasteiger partial charge in [-0.1, -0.05) is 18.2 Å². The second kappa shape index (κ2) is 8.78. The van der Waals surface area contributed by atoms with Gasteiger partial charge in [0.05, 0.1) is 17.7 Å². The maximum absolute atomic E-state index is 13.1. The van der Waals surface area contributed by atoms with Crippen molar-refractivity contribution in [1.29, 1.82) is 5.26 Å². The molecule has 0 N–H and O–H groups in total. The number of hydrogen-bond donors (Lipinski definition) is 0. The Bertz CT molecular complexity index is 1100. The first-order chi connectivity index (χ1) is 13.5. The van der Waals surface area contributed by atoms with Gasteiger partial charge in [-0.25, -0.2) is 4.39 Å². The summed E-state index contributed by atoms with van der Waals surface area (Å²) < 4.78 is 20.4. The van der Waals surface area contributed by atoms with Gasteiger partial charge < -0.3 is 9.64 Å². The van der Waals surface area contributed by atoms with Gasteiger partial charge in [-0.3, -0.25) is 14.2 Å². The Hall–Kier alpha value is -3.02. The molecule has 0 radical (unpaired) electrons. The largest absolute Gasteiger partial charge is 0.378 e. The minimum absolute atomic E-state index is 0.0791. The minimum atomic E-state index is -0.418. The first-order valence-electron chi connectivity index (χ1n) is 8.64. The molecule has 1 aromatic carbocycles. The molecule has 1 saturated heterocycles. The van der Waals surface area contributed by atoms with Crippen molar-refractivity contribution in [2.24, 2.45) is 0 Å². The lowest BCUT2D eigenvalue weighted by atomic mass is 10.2. The van der Waals surface area contributed by atoms with E-state index in [2.05, 4.69) is 6.58 Å². The van der Waals surface area contributed by atoms with Gasteiger partial charge in [-0.2, -0.15) is 5.26 Å². The molecule has 1 amide bonds. The molecular formula is C20H18FN3O3S. The van der Waals surface area contributed by atoms with E-state index in [4.69, 9.17) is 4.74 Å². The highest BCUT2D eigenvalue weighted by molar-refractivity contribution is 7.07. The Morgan fingerprint density at radius 2 is 2.00 bits per heavy atom. The van der Waals surface area contributed by atoms with Crippen molar-refractivity contribution in [3.05, 3.63) is 67.9 Å². The van der Waals surface area contributed by atoms with Crippen LogP contribution in [-0.2, 0) is 16.1 Å². The van der Waals surface area contributed by atoms with Crippen LogP contribution >= 0.6 is 11.3 Å². The van der Waals surface area contributed by atoms with Crippen molar-refractivity contribution in [2.75, 3.05) is 26.3 Å².